The van der Waals surface area contributed by atoms with Crippen molar-refractivity contribution in [2.24, 2.45) is 0 Å². The van der Waals surface area contributed by atoms with E-state index in [2.05, 4.69) is 22.5 Å². The summed E-state index contributed by atoms with van der Waals surface area (Å²) in [6.07, 6.45) is 2.97. The van der Waals surface area contributed by atoms with E-state index in [1.54, 1.807) is 7.11 Å². The van der Waals surface area contributed by atoms with E-state index in [1.807, 2.05) is 36.4 Å². The molecular formula is C16H15ClN2O. The Morgan fingerprint density at radius 2 is 2.10 bits per heavy atom. The molecule has 0 bridgehead atoms. The van der Waals surface area contributed by atoms with Crippen molar-refractivity contribution >= 4 is 17.2 Å². The molecule has 0 saturated carbocycles. The van der Waals surface area contributed by atoms with Crippen LogP contribution in [0.25, 0.3) is 16.9 Å². The smallest absolute Gasteiger partial charge is 0.137 e. The van der Waals surface area contributed by atoms with E-state index in [-0.39, 0.29) is 0 Å². The summed E-state index contributed by atoms with van der Waals surface area (Å²) in [7, 11) is 1.63. The Hall–Kier alpha value is -2.00. The topological polar surface area (TPSA) is 26.5 Å². The number of aromatic nitrogens is 2. The average Bonchev–Trinajstić information content (AvgIpc) is 2.90. The maximum absolute atomic E-state index is 6.37. The molecule has 2 aromatic heterocycles. The zero-order valence-corrected chi connectivity index (χ0v) is 12.2. The highest BCUT2D eigenvalue weighted by molar-refractivity contribution is 6.33. The second-order valence-corrected chi connectivity index (χ2v) is 4.98. The van der Waals surface area contributed by atoms with Gasteiger partial charge in [0.15, 0.2) is 0 Å². The number of hydrogen-bond acceptors (Lipinski definition) is 2. The van der Waals surface area contributed by atoms with Crippen molar-refractivity contribution in [2.45, 2.75) is 13.3 Å². The molecule has 0 fully saturated rings. The van der Waals surface area contributed by atoms with E-state index in [9.17, 15) is 0 Å². The van der Waals surface area contributed by atoms with Crippen molar-refractivity contribution in [3.8, 4) is 17.0 Å². The molecule has 0 saturated heterocycles. The Labute approximate surface area is 122 Å². The number of aryl methyl sites for hydroxylation is 1. The molecule has 0 aliphatic heterocycles. The number of nitrogens with zero attached hydrogens (tertiary/aromatic N) is 2. The second-order valence-electron chi connectivity index (χ2n) is 4.57. The molecule has 2 heterocycles. The first-order chi connectivity index (χ1) is 9.72. The van der Waals surface area contributed by atoms with Crippen LogP contribution in [-0.2, 0) is 6.42 Å². The van der Waals surface area contributed by atoms with Gasteiger partial charge in [0.2, 0.25) is 0 Å². The Balaban J connectivity index is 2.21. The fourth-order valence-electron chi connectivity index (χ4n) is 2.28. The molecule has 0 N–H and O–H groups in total. The zero-order chi connectivity index (χ0) is 14.1. The van der Waals surface area contributed by atoms with Crippen LogP contribution in [0.15, 0.2) is 42.6 Å². The summed E-state index contributed by atoms with van der Waals surface area (Å²) in [5.74, 6) is 0.755. The number of halogens is 1. The minimum atomic E-state index is 0.670. The lowest BCUT2D eigenvalue weighted by atomic mass is 10.1. The van der Waals surface area contributed by atoms with E-state index in [0.717, 1.165) is 34.8 Å². The van der Waals surface area contributed by atoms with Crippen molar-refractivity contribution in [3.05, 3.63) is 53.3 Å². The van der Waals surface area contributed by atoms with Crippen molar-refractivity contribution in [2.75, 3.05) is 7.11 Å². The van der Waals surface area contributed by atoms with Gasteiger partial charge in [0, 0.05) is 11.8 Å². The molecule has 4 heteroatoms. The molecule has 0 atom stereocenters. The van der Waals surface area contributed by atoms with Gasteiger partial charge in [-0.3, -0.25) is 4.40 Å². The van der Waals surface area contributed by atoms with Gasteiger partial charge in [0.05, 0.1) is 23.5 Å². The third-order valence-corrected chi connectivity index (χ3v) is 3.67. The third kappa shape index (κ3) is 2.14. The normalized spacial score (nSPS) is 10.9. The molecule has 102 valence electrons. The first-order valence-corrected chi connectivity index (χ1v) is 6.91. The van der Waals surface area contributed by atoms with Gasteiger partial charge in [0.1, 0.15) is 11.4 Å². The van der Waals surface area contributed by atoms with Crippen LogP contribution < -0.4 is 4.74 Å². The Kier molecular flexibility index (Phi) is 3.36. The Morgan fingerprint density at radius 3 is 2.80 bits per heavy atom. The maximum atomic E-state index is 6.37. The lowest BCUT2D eigenvalue weighted by Crippen LogP contribution is -1.92. The summed E-state index contributed by atoms with van der Waals surface area (Å²) in [6.45, 7) is 2.10. The molecule has 3 nitrogen and oxygen atoms in total. The van der Waals surface area contributed by atoms with E-state index in [0.29, 0.717) is 5.02 Å². The first kappa shape index (κ1) is 13.0. The van der Waals surface area contributed by atoms with Crippen molar-refractivity contribution in [1.82, 2.24) is 9.38 Å². The molecular weight excluding hydrogens is 272 g/mol. The van der Waals surface area contributed by atoms with Crippen molar-refractivity contribution < 1.29 is 4.74 Å². The van der Waals surface area contributed by atoms with Crippen LogP contribution in [0.2, 0.25) is 5.02 Å². The van der Waals surface area contributed by atoms with Crippen LogP contribution >= 0.6 is 11.6 Å². The van der Waals surface area contributed by atoms with Gasteiger partial charge < -0.3 is 4.74 Å². The van der Waals surface area contributed by atoms with Crippen LogP contribution in [0.1, 0.15) is 12.6 Å². The molecule has 0 amide bonds. The second kappa shape index (κ2) is 5.17. The minimum Gasteiger partial charge on any atom is -0.497 e. The standard InChI is InChI=1S/C16H15ClN2O/c1-3-11-10-19-15(5-4-6-16(19)18-11)13-8-7-12(20-2)9-14(13)17/h4-10H,3H2,1-2H3. The predicted molar refractivity (Wildman–Crippen MR) is 81.6 cm³/mol. The molecule has 0 aliphatic rings. The van der Waals surface area contributed by atoms with Crippen LogP contribution in [0.5, 0.6) is 5.75 Å². The van der Waals surface area contributed by atoms with Crippen molar-refractivity contribution in [3.63, 3.8) is 0 Å². The predicted octanol–water partition coefficient (Wildman–Crippen LogP) is 4.23. The molecule has 3 rings (SSSR count). The Morgan fingerprint density at radius 1 is 1.25 bits per heavy atom. The van der Waals surface area contributed by atoms with Crippen LogP contribution in [0.3, 0.4) is 0 Å². The van der Waals surface area contributed by atoms with Crippen LogP contribution in [-0.4, -0.2) is 16.5 Å². The fourth-order valence-corrected chi connectivity index (χ4v) is 2.55. The average molecular weight is 287 g/mol. The van der Waals surface area contributed by atoms with Crippen LogP contribution in [0.4, 0.5) is 0 Å². The number of fused-ring (bicyclic) bond motifs is 1. The quantitative estimate of drug-likeness (QED) is 0.720. The third-order valence-electron chi connectivity index (χ3n) is 3.36. The highest BCUT2D eigenvalue weighted by Crippen LogP contribution is 2.31. The summed E-state index contributed by atoms with van der Waals surface area (Å²) in [5, 5.41) is 0.670. The fraction of sp³-hybridized carbons (Fsp3) is 0.188. The van der Waals surface area contributed by atoms with Gasteiger partial charge in [0.25, 0.3) is 0 Å². The van der Waals surface area contributed by atoms with Gasteiger partial charge in [-0.15, -0.1) is 0 Å². The number of pyridine rings is 1. The highest BCUT2D eigenvalue weighted by atomic mass is 35.5. The number of ether oxygens (including phenoxy) is 1. The molecule has 20 heavy (non-hydrogen) atoms. The number of rotatable bonds is 3. The van der Waals surface area contributed by atoms with Gasteiger partial charge in [-0.2, -0.15) is 0 Å². The molecule has 0 unspecified atom stereocenters. The first-order valence-electron chi connectivity index (χ1n) is 6.54. The summed E-state index contributed by atoms with van der Waals surface area (Å²) in [5.41, 5.74) is 4.01. The minimum absolute atomic E-state index is 0.670. The van der Waals surface area contributed by atoms with Gasteiger partial charge in [-0.25, -0.2) is 4.98 Å². The molecule has 0 radical (unpaired) electrons. The molecule has 3 aromatic rings. The van der Waals surface area contributed by atoms with E-state index in [4.69, 9.17) is 16.3 Å². The van der Waals surface area contributed by atoms with Gasteiger partial charge >= 0.3 is 0 Å². The SMILES string of the molecule is CCc1cn2c(-c3ccc(OC)cc3Cl)cccc2n1. The summed E-state index contributed by atoms with van der Waals surface area (Å²) in [4.78, 5) is 4.58. The lowest BCUT2D eigenvalue weighted by Gasteiger charge is -2.09. The summed E-state index contributed by atoms with van der Waals surface area (Å²) >= 11 is 6.37. The van der Waals surface area contributed by atoms with E-state index in [1.165, 1.54) is 0 Å². The molecule has 0 aliphatic carbocycles. The molecule has 0 spiro atoms. The van der Waals surface area contributed by atoms with Crippen LogP contribution in [0, 0.1) is 0 Å². The number of benzene rings is 1. The maximum Gasteiger partial charge on any atom is 0.137 e. The summed E-state index contributed by atoms with van der Waals surface area (Å²) < 4.78 is 7.27. The lowest BCUT2D eigenvalue weighted by molar-refractivity contribution is 0.415. The zero-order valence-electron chi connectivity index (χ0n) is 11.4. The van der Waals surface area contributed by atoms with Crippen molar-refractivity contribution in [1.29, 1.82) is 0 Å². The van der Waals surface area contributed by atoms with E-state index < -0.39 is 0 Å². The van der Waals surface area contributed by atoms with Gasteiger partial charge in [-0.05, 0) is 36.8 Å². The largest absolute Gasteiger partial charge is 0.497 e. The number of hydrogen-bond donors (Lipinski definition) is 0. The van der Waals surface area contributed by atoms with Gasteiger partial charge in [-0.1, -0.05) is 24.6 Å². The summed E-state index contributed by atoms with van der Waals surface area (Å²) in [6, 6.07) is 11.8. The van der Waals surface area contributed by atoms with E-state index >= 15 is 0 Å². The monoisotopic (exact) mass is 286 g/mol. The Bertz CT molecular complexity index is 764. The molecule has 1 aromatic carbocycles. The number of methoxy groups -OCH3 is 1. The highest BCUT2D eigenvalue weighted by Gasteiger charge is 2.10. The number of imidazole rings is 1.